The Bertz CT molecular complexity index is 678. The quantitative estimate of drug-likeness (QED) is 0.544. The molecule has 0 radical (unpaired) electrons. The predicted molar refractivity (Wildman–Crippen MR) is 122 cm³/mol. The van der Waals surface area contributed by atoms with Crippen LogP contribution in [0.2, 0.25) is 0 Å². The average Bonchev–Trinajstić information content (AvgIpc) is 3.06. The van der Waals surface area contributed by atoms with Crippen LogP contribution >= 0.6 is 0 Å². The van der Waals surface area contributed by atoms with Crippen molar-refractivity contribution in [2.45, 2.75) is 105 Å². The zero-order valence-electron chi connectivity index (χ0n) is 20.4. The molecular formula is C27H46O4. The molecular weight excluding hydrogens is 388 g/mol. The van der Waals surface area contributed by atoms with E-state index in [0.29, 0.717) is 41.4 Å². The maximum absolute atomic E-state index is 11.7. The number of carboxylic acids is 1. The first-order valence-electron chi connectivity index (χ1n) is 13.1. The van der Waals surface area contributed by atoms with Crippen molar-refractivity contribution >= 4 is 5.97 Å². The summed E-state index contributed by atoms with van der Waals surface area (Å²) in [5, 5.41) is 31.6. The van der Waals surface area contributed by atoms with Gasteiger partial charge >= 0.3 is 5.97 Å². The Hall–Kier alpha value is -0.610. The van der Waals surface area contributed by atoms with E-state index in [4.69, 9.17) is 0 Å². The standard InChI is InChI=1S/C27H46O4/c1-6-18-22-14-17(28)9-11-27(22,5)21-10-12-26(4)19(15(2)13-16(3)25(30)31)7-8-20(26)23(21)24(18)29/h15-24,28-29H,6-14H2,1-5H3,(H,30,31)/t15-,16?,17+,18+,19+,20?,21?,22-,23?,24+,26+,27+/m0/s1. The highest BCUT2D eigenvalue weighted by atomic mass is 16.4. The van der Waals surface area contributed by atoms with Gasteiger partial charge in [-0.05, 0) is 104 Å². The van der Waals surface area contributed by atoms with Crippen molar-refractivity contribution in [2.24, 2.45) is 58.2 Å². The maximum atomic E-state index is 11.7. The minimum absolute atomic E-state index is 0.197. The van der Waals surface area contributed by atoms with E-state index in [0.717, 1.165) is 32.1 Å². The van der Waals surface area contributed by atoms with Gasteiger partial charge < -0.3 is 15.3 Å². The van der Waals surface area contributed by atoms with Crippen molar-refractivity contribution in [2.75, 3.05) is 0 Å². The van der Waals surface area contributed by atoms with Crippen LogP contribution in [0.3, 0.4) is 0 Å². The van der Waals surface area contributed by atoms with Crippen LogP contribution in [0.15, 0.2) is 0 Å². The summed E-state index contributed by atoms with van der Waals surface area (Å²) in [7, 11) is 0. The zero-order chi connectivity index (χ0) is 22.7. The Morgan fingerprint density at radius 2 is 1.61 bits per heavy atom. The van der Waals surface area contributed by atoms with E-state index < -0.39 is 5.97 Å². The molecule has 4 aliphatic carbocycles. The molecule has 0 bridgehead atoms. The third kappa shape index (κ3) is 3.59. The number of rotatable bonds is 5. The fraction of sp³-hybridized carbons (Fsp3) is 0.963. The Balaban J connectivity index is 1.61. The first-order chi connectivity index (χ1) is 14.5. The number of aliphatic hydroxyl groups excluding tert-OH is 2. The number of fused-ring (bicyclic) bond motifs is 5. The van der Waals surface area contributed by atoms with Crippen molar-refractivity contribution < 1.29 is 20.1 Å². The third-order valence-electron chi connectivity index (χ3n) is 11.3. The maximum Gasteiger partial charge on any atom is 0.306 e. The summed E-state index contributed by atoms with van der Waals surface area (Å²) < 4.78 is 0. The predicted octanol–water partition coefficient (Wildman–Crippen LogP) is 5.36. The summed E-state index contributed by atoms with van der Waals surface area (Å²) in [6.45, 7) is 11.3. The van der Waals surface area contributed by atoms with E-state index in [1.807, 2.05) is 6.92 Å². The molecule has 0 aromatic carbocycles. The van der Waals surface area contributed by atoms with Gasteiger partial charge in [-0.1, -0.05) is 41.0 Å². The Kier molecular flexibility index (Phi) is 6.31. The van der Waals surface area contributed by atoms with Crippen molar-refractivity contribution in [1.29, 1.82) is 0 Å². The average molecular weight is 435 g/mol. The SMILES string of the molecule is CC[C@H]1[C@@H](O)C2C3CC[C@H]([C@@H](C)CC(C)C(=O)O)[C@@]3(C)CCC2[C@@]2(C)CC[C@@H](O)C[C@@H]12. The van der Waals surface area contributed by atoms with Gasteiger partial charge in [0.1, 0.15) is 0 Å². The number of carboxylic acid groups (broad SMARTS) is 1. The van der Waals surface area contributed by atoms with Gasteiger partial charge in [-0.15, -0.1) is 0 Å². The molecule has 0 aromatic heterocycles. The van der Waals surface area contributed by atoms with Crippen molar-refractivity contribution in [1.82, 2.24) is 0 Å². The Labute approximate surface area is 189 Å². The summed E-state index contributed by atoms with van der Waals surface area (Å²) >= 11 is 0. The first-order valence-corrected chi connectivity index (χ1v) is 13.1. The van der Waals surface area contributed by atoms with Gasteiger partial charge in [-0.25, -0.2) is 0 Å². The molecule has 12 atom stereocenters. The third-order valence-corrected chi connectivity index (χ3v) is 11.3. The lowest BCUT2D eigenvalue weighted by atomic mass is 9.41. The van der Waals surface area contributed by atoms with Crippen LogP contribution in [-0.2, 0) is 4.79 Å². The number of hydrogen-bond acceptors (Lipinski definition) is 3. The summed E-state index contributed by atoms with van der Waals surface area (Å²) in [5.74, 6) is 2.23. The summed E-state index contributed by atoms with van der Waals surface area (Å²) in [5.41, 5.74) is 0.460. The van der Waals surface area contributed by atoms with Crippen molar-refractivity contribution in [3.8, 4) is 0 Å². The summed E-state index contributed by atoms with van der Waals surface area (Å²) in [6.07, 6.45) is 8.95. The van der Waals surface area contributed by atoms with Crippen LogP contribution in [0.4, 0.5) is 0 Å². The van der Waals surface area contributed by atoms with Crippen LogP contribution in [0.25, 0.3) is 0 Å². The van der Waals surface area contributed by atoms with Crippen molar-refractivity contribution in [3.63, 3.8) is 0 Å². The molecule has 0 aromatic rings. The van der Waals surface area contributed by atoms with E-state index in [2.05, 4.69) is 27.7 Å². The second kappa shape index (κ2) is 8.31. The largest absolute Gasteiger partial charge is 0.481 e. The molecule has 0 saturated heterocycles. The van der Waals surface area contributed by atoms with Gasteiger partial charge in [-0.3, -0.25) is 4.79 Å². The van der Waals surface area contributed by atoms with Crippen LogP contribution in [-0.4, -0.2) is 33.5 Å². The highest BCUT2D eigenvalue weighted by Crippen LogP contribution is 2.69. The molecule has 4 heteroatoms. The van der Waals surface area contributed by atoms with E-state index >= 15 is 0 Å². The minimum atomic E-state index is -0.679. The molecule has 4 unspecified atom stereocenters. The molecule has 31 heavy (non-hydrogen) atoms. The Morgan fingerprint density at radius 3 is 2.26 bits per heavy atom. The molecule has 4 nitrogen and oxygen atoms in total. The molecule has 0 spiro atoms. The van der Waals surface area contributed by atoms with Crippen LogP contribution in [0, 0.1) is 58.2 Å². The summed E-state index contributed by atoms with van der Waals surface area (Å²) in [4.78, 5) is 11.5. The molecule has 0 heterocycles. The van der Waals surface area contributed by atoms with Gasteiger partial charge in [-0.2, -0.15) is 0 Å². The van der Waals surface area contributed by atoms with Gasteiger partial charge in [0.25, 0.3) is 0 Å². The van der Waals surface area contributed by atoms with E-state index in [9.17, 15) is 20.1 Å². The molecule has 0 aliphatic heterocycles. The normalized spacial score (nSPS) is 51.3. The van der Waals surface area contributed by atoms with Gasteiger partial charge in [0.05, 0.1) is 18.1 Å². The van der Waals surface area contributed by atoms with Gasteiger partial charge in [0.15, 0.2) is 0 Å². The van der Waals surface area contributed by atoms with Gasteiger partial charge in [0, 0.05) is 0 Å². The number of carbonyl (C=O) groups is 1. The van der Waals surface area contributed by atoms with E-state index in [1.165, 1.54) is 25.7 Å². The number of hydrogen-bond donors (Lipinski definition) is 3. The second-order valence-corrected chi connectivity index (χ2v) is 12.6. The highest BCUT2D eigenvalue weighted by molar-refractivity contribution is 5.69. The molecule has 3 N–H and O–H groups in total. The molecule has 4 aliphatic rings. The lowest BCUT2D eigenvalue weighted by Crippen LogP contribution is -2.62. The summed E-state index contributed by atoms with van der Waals surface area (Å²) in [6, 6.07) is 0. The zero-order valence-corrected chi connectivity index (χ0v) is 20.4. The fourth-order valence-electron chi connectivity index (χ4n) is 9.76. The smallest absolute Gasteiger partial charge is 0.306 e. The molecule has 178 valence electrons. The monoisotopic (exact) mass is 434 g/mol. The molecule has 0 amide bonds. The van der Waals surface area contributed by atoms with Crippen molar-refractivity contribution in [3.05, 3.63) is 0 Å². The number of aliphatic carboxylic acids is 1. The van der Waals surface area contributed by atoms with Crippen LogP contribution < -0.4 is 0 Å². The molecule has 4 fully saturated rings. The minimum Gasteiger partial charge on any atom is -0.481 e. The number of aliphatic hydroxyl groups is 2. The van der Waals surface area contributed by atoms with Crippen LogP contribution in [0.5, 0.6) is 0 Å². The Morgan fingerprint density at radius 1 is 0.968 bits per heavy atom. The van der Waals surface area contributed by atoms with E-state index in [-0.39, 0.29) is 29.0 Å². The van der Waals surface area contributed by atoms with Gasteiger partial charge in [0.2, 0.25) is 0 Å². The molecule has 4 rings (SSSR count). The highest BCUT2D eigenvalue weighted by Gasteiger charge is 2.64. The first kappa shape index (κ1) is 23.5. The molecule has 4 saturated carbocycles. The van der Waals surface area contributed by atoms with E-state index in [1.54, 1.807) is 0 Å². The van der Waals surface area contributed by atoms with Crippen LogP contribution in [0.1, 0.15) is 92.4 Å². The lowest BCUT2D eigenvalue weighted by Gasteiger charge is -2.64. The fourth-order valence-corrected chi connectivity index (χ4v) is 9.76. The second-order valence-electron chi connectivity index (χ2n) is 12.6. The lowest BCUT2D eigenvalue weighted by molar-refractivity contribution is -0.203. The topological polar surface area (TPSA) is 77.8 Å².